The molecule has 0 radical (unpaired) electrons. The molecule has 19 heavy (non-hydrogen) atoms. The fraction of sp³-hybridized carbons (Fsp3) is 0.583. The summed E-state index contributed by atoms with van der Waals surface area (Å²) in [6.07, 6.45) is -4.40. The molecular formula is C12H16F3NO3. The fourth-order valence-corrected chi connectivity index (χ4v) is 1.63. The Hall–Kier alpha value is -1.50. The zero-order valence-electron chi connectivity index (χ0n) is 10.5. The molecule has 0 amide bonds. The van der Waals surface area contributed by atoms with Crippen molar-refractivity contribution >= 4 is 5.97 Å². The van der Waals surface area contributed by atoms with Crippen LogP contribution in [0.15, 0.2) is 10.5 Å². The van der Waals surface area contributed by atoms with E-state index >= 15 is 0 Å². The number of furan rings is 1. The van der Waals surface area contributed by atoms with Gasteiger partial charge in [0.15, 0.2) is 0 Å². The summed E-state index contributed by atoms with van der Waals surface area (Å²) in [5.41, 5.74) is 0.529. The summed E-state index contributed by atoms with van der Waals surface area (Å²) in [6.45, 7) is 2.36. The number of hydrogen-bond acceptors (Lipinski definition) is 3. The number of carboxylic acids is 1. The maximum atomic E-state index is 11.9. The summed E-state index contributed by atoms with van der Waals surface area (Å²) in [6, 6.07) is 1.60. The minimum Gasteiger partial charge on any atom is -0.475 e. The van der Waals surface area contributed by atoms with Gasteiger partial charge in [-0.05, 0) is 32.4 Å². The Kier molecular flexibility index (Phi) is 5.41. The van der Waals surface area contributed by atoms with E-state index < -0.39 is 18.6 Å². The quantitative estimate of drug-likeness (QED) is 0.753. The standard InChI is InChI=1S/C12H16F3NO3/c1-8-6-9(19-10(8)11(17)18)7-16-5-3-2-4-12(13,14)15/h6,16H,2-5,7H2,1H3,(H,17,18). The maximum absolute atomic E-state index is 11.9. The molecule has 0 atom stereocenters. The third-order valence-corrected chi connectivity index (χ3v) is 2.53. The van der Waals surface area contributed by atoms with Crippen LogP contribution in [0.25, 0.3) is 0 Å². The minimum absolute atomic E-state index is 0.0774. The van der Waals surface area contributed by atoms with Gasteiger partial charge in [-0.25, -0.2) is 4.79 Å². The molecule has 0 saturated heterocycles. The highest BCUT2D eigenvalue weighted by Crippen LogP contribution is 2.21. The van der Waals surface area contributed by atoms with Gasteiger partial charge in [-0.2, -0.15) is 13.2 Å². The highest BCUT2D eigenvalue weighted by molar-refractivity contribution is 5.86. The van der Waals surface area contributed by atoms with Gasteiger partial charge in [0.25, 0.3) is 0 Å². The summed E-state index contributed by atoms with van der Waals surface area (Å²) in [5.74, 6) is -0.770. The average Bonchev–Trinajstić information content (AvgIpc) is 2.63. The Morgan fingerprint density at radius 3 is 2.63 bits per heavy atom. The normalized spacial score (nSPS) is 11.8. The number of aryl methyl sites for hydroxylation is 1. The van der Waals surface area contributed by atoms with Gasteiger partial charge in [0.2, 0.25) is 5.76 Å². The number of unbranched alkanes of at least 4 members (excludes halogenated alkanes) is 1. The van der Waals surface area contributed by atoms with Crippen LogP contribution in [0.1, 0.15) is 41.1 Å². The first-order valence-electron chi connectivity index (χ1n) is 5.89. The monoisotopic (exact) mass is 279 g/mol. The van der Waals surface area contributed by atoms with Crippen molar-refractivity contribution in [3.63, 3.8) is 0 Å². The Labute approximate surface area is 108 Å². The van der Waals surface area contributed by atoms with Gasteiger partial charge in [0.1, 0.15) is 5.76 Å². The highest BCUT2D eigenvalue weighted by atomic mass is 19.4. The number of aromatic carboxylic acids is 1. The lowest BCUT2D eigenvalue weighted by Crippen LogP contribution is -2.15. The van der Waals surface area contributed by atoms with Gasteiger partial charge >= 0.3 is 12.1 Å². The zero-order valence-corrected chi connectivity index (χ0v) is 10.5. The molecule has 2 N–H and O–H groups in total. The zero-order chi connectivity index (χ0) is 14.5. The molecule has 108 valence electrons. The van der Waals surface area contributed by atoms with Crippen LogP contribution in [0.4, 0.5) is 13.2 Å². The summed E-state index contributed by atoms with van der Waals surface area (Å²) < 4.78 is 40.7. The van der Waals surface area contributed by atoms with Gasteiger partial charge < -0.3 is 14.8 Å². The van der Waals surface area contributed by atoms with E-state index in [-0.39, 0.29) is 12.2 Å². The fourth-order valence-electron chi connectivity index (χ4n) is 1.63. The molecule has 1 aromatic rings. The second-order valence-electron chi connectivity index (χ2n) is 4.28. The van der Waals surface area contributed by atoms with E-state index in [1.807, 2.05) is 0 Å². The first kappa shape index (κ1) is 15.6. The molecule has 0 fully saturated rings. The summed E-state index contributed by atoms with van der Waals surface area (Å²) in [4.78, 5) is 10.7. The van der Waals surface area contributed by atoms with Crippen molar-refractivity contribution in [2.45, 2.75) is 38.9 Å². The molecule has 0 unspecified atom stereocenters. The number of hydrogen-bond donors (Lipinski definition) is 2. The lowest BCUT2D eigenvalue weighted by atomic mass is 10.2. The van der Waals surface area contributed by atoms with Crippen LogP contribution in [-0.4, -0.2) is 23.8 Å². The van der Waals surface area contributed by atoms with Crippen LogP contribution in [0.2, 0.25) is 0 Å². The number of halogens is 3. The predicted octanol–water partition coefficient (Wildman–Crippen LogP) is 3.11. The van der Waals surface area contributed by atoms with E-state index in [1.54, 1.807) is 13.0 Å². The van der Waals surface area contributed by atoms with E-state index in [9.17, 15) is 18.0 Å². The SMILES string of the molecule is Cc1cc(CNCCCCC(F)(F)F)oc1C(=O)O. The number of rotatable bonds is 7. The van der Waals surface area contributed by atoms with Gasteiger partial charge in [-0.3, -0.25) is 0 Å². The van der Waals surface area contributed by atoms with Crippen LogP contribution in [0.5, 0.6) is 0 Å². The van der Waals surface area contributed by atoms with Crippen molar-refractivity contribution in [2.24, 2.45) is 0 Å². The highest BCUT2D eigenvalue weighted by Gasteiger charge is 2.25. The van der Waals surface area contributed by atoms with Crippen molar-refractivity contribution in [1.29, 1.82) is 0 Å². The maximum Gasteiger partial charge on any atom is 0.389 e. The van der Waals surface area contributed by atoms with E-state index in [0.29, 0.717) is 30.8 Å². The first-order valence-corrected chi connectivity index (χ1v) is 5.89. The number of alkyl halides is 3. The van der Waals surface area contributed by atoms with Crippen LogP contribution in [-0.2, 0) is 6.54 Å². The van der Waals surface area contributed by atoms with Crippen molar-refractivity contribution < 1.29 is 27.5 Å². The Bertz CT molecular complexity index is 426. The van der Waals surface area contributed by atoms with Crippen LogP contribution in [0.3, 0.4) is 0 Å². The molecule has 0 aliphatic rings. The molecule has 0 saturated carbocycles. The van der Waals surface area contributed by atoms with Gasteiger partial charge in [0, 0.05) is 12.0 Å². The topological polar surface area (TPSA) is 62.5 Å². The van der Waals surface area contributed by atoms with Gasteiger partial charge in [-0.15, -0.1) is 0 Å². The molecular weight excluding hydrogens is 263 g/mol. The molecule has 7 heteroatoms. The summed E-state index contributed by atoms with van der Waals surface area (Å²) in [5, 5.41) is 11.7. The Morgan fingerprint density at radius 1 is 1.42 bits per heavy atom. The van der Waals surface area contributed by atoms with Crippen LogP contribution in [0, 0.1) is 6.92 Å². The van der Waals surface area contributed by atoms with Crippen molar-refractivity contribution in [1.82, 2.24) is 5.32 Å². The van der Waals surface area contributed by atoms with Gasteiger partial charge in [0.05, 0.1) is 6.54 Å². The molecule has 0 aliphatic carbocycles. The largest absolute Gasteiger partial charge is 0.475 e. The molecule has 0 aromatic carbocycles. The van der Waals surface area contributed by atoms with Crippen molar-refractivity contribution in [3.8, 4) is 0 Å². The Morgan fingerprint density at radius 2 is 2.11 bits per heavy atom. The summed E-state index contributed by atoms with van der Waals surface area (Å²) in [7, 11) is 0. The molecule has 0 spiro atoms. The van der Waals surface area contributed by atoms with Crippen molar-refractivity contribution in [2.75, 3.05) is 6.54 Å². The molecule has 0 aliphatic heterocycles. The number of carbonyl (C=O) groups is 1. The van der Waals surface area contributed by atoms with Crippen molar-refractivity contribution in [3.05, 3.63) is 23.2 Å². The lowest BCUT2D eigenvalue weighted by molar-refractivity contribution is -0.135. The summed E-state index contributed by atoms with van der Waals surface area (Å²) >= 11 is 0. The second-order valence-corrected chi connectivity index (χ2v) is 4.28. The first-order chi connectivity index (χ1) is 8.79. The molecule has 4 nitrogen and oxygen atoms in total. The smallest absolute Gasteiger partial charge is 0.389 e. The molecule has 1 aromatic heterocycles. The third kappa shape index (κ3) is 5.78. The van der Waals surface area contributed by atoms with E-state index in [1.165, 1.54) is 0 Å². The third-order valence-electron chi connectivity index (χ3n) is 2.53. The van der Waals surface area contributed by atoms with E-state index in [0.717, 1.165) is 0 Å². The van der Waals surface area contributed by atoms with Crippen LogP contribution < -0.4 is 5.32 Å². The minimum atomic E-state index is -4.10. The van der Waals surface area contributed by atoms with Crippen LogP contribution >= 0.6 is 0 Å². The molecule has 0 bridgehead atoms. The molecule has 1 heterocycles. The second kappa shape index (κ2) is 6.60. The van der Waals surface area contributed by atoms with E-state index in [4.69, 9.17) is 9.52 Å². The lowest BCUT2D eigenvalue weighted by Gasteiger charge is -2.06. The average molecular weight is 279 g/mol. The predicted molar refractivity (Wildman–Crippen MR) is 62.0 cm³/mol. The number of nitrogens with one attached hydrogen (secondary N) is 1. The number of carboxylic acid groups (broad SMARTS) is 1. The Balaban J connectivity index is 2.23. The molecule has 1 rings (SSSR count). The van der Waals surface area contributed by atoms with Gasteiger partial charge in [-0.1, -0.05) is 0 Å². The van der Waals surface area contributed by atoms with E-state index in [2.05, 4.69) is 5.32 Å².